The van der Waals surface area contributed by atoms with E-state index in [1.807, 2.05) is 0 Å². The Bertz CT molecular complexity index is 605. The lowest BCUT2D eigenvalue weighted by atomic mass is 9.58. The molecule has 0 spiro atoms. The highest BCUT2D eigenvalue weighted by atomic mass is 16.5. The van der Waals surface area contributed by atoms with Crippen molar-refractivity contribution in [3.05, 3.63) is 12.2 Å². The van der Waals surface area contributed by atoms with Crippen molar-refractivity contribution >= 4 is 11.9 Å². The number of fused-ring (bicyclic) bond motifs is 9. The first kappa shape index (κ1) is 15.0. The molecule has 5 aliphatic carbocycles. The number of methoxy groups -OCH3 is 1. The van der Waals surface area contributed by atoms with Gasteiger partial charge in [-0.3, -0.25) is 9.59 Å². The minimum atomic E-state index is -0.344. The summed E-state index contributed by atoms with van der Waals surface area (Å²) in [6, 6.07) is 0. The monoisotopic (exact) mass is 330 g/mol. The highest BCUT2D eigenvalue weighted by Crippen LogP contribution is 2.74. The minimum absolute atomic E-state index is 0.00568. The lowest BCUT2D eigenvalue weighted by molar-refractivity contribution is -0.169. The third kappa shape index (κ3) is 1.70. The highest BCUT2D eigenvalue weighted by molar-refractivity contribution is 5.82. The summed E-state index contributed by atoms with van der Waals surface area (Å²) in [4.78, 5) is 25.6. The van der Waals surface area contributed by atoms with Gasteiger partial charge in [-0.2, -0.15) is 0 Å². The second kappa shape index (κ2) is 5.09. The first-order valence-electron chi connectivity index (χ1n) is 9.63. The molecule has 4 heteroatoms. The van der Waals surface area contributed by atoms with Crippen molar-refractivity contribution in [2.24, 2.45) is 40.9 Å². The second-order valence-corrected chi connectivity index (χ2v) is 8.62. The molecule has 4 bridgehead atoms. The summed E-state index contributed by atoms with van der Waals surface area (Å²) in [7, 11) is 1.52. The standard InChI is InChI=1S/C20H26O4/c1-23-19(22)20-12-7-6-11(8-12)17(20)15-9-13(20)10-16(15)18(21)24-14-4-2-3-5-14/h6-7,11-17H,2-5,8-10H2,1H3. The van der Waals surface area contributed by atoms with Crippen LogP contribution in [0.25, 0.3) is 0 Å². The van der Waals surface area contributed by atoms with Gasteiger partial charge >= 0.3 is 11.9 Å². The van der Waals surface area contributed by atoms with Gasteiger partial charge < -0.3 is 9.47 Å². The molecule has 0 aliphatic heterocycles. The van der Waals surface area contributed by atoms with Gasteiger partial charge in [0, 0.05) is 0 Å². The van der Waals surface area contributed by atoms with E-state index in [1.165, 1.54) is 20.0 Å². The Hall–Kier alpha value is -1.32. The molecule has 4 nitrogen and oxygen atoms in total. The summed E-state index contributed by atoms with van der Waals surface area (Å²) < 4.78 is 11.1. The van der Waals surface area contributed by atoms with E-state index >= 15 is 0 Å². The summed E-state index contributed by atoms with van der Waals surface area (Å²) in [5, 5.41) is 0. The molecule has 0 amide bonds. The van der Waals surface area contributed by atoms with Crippen LogP contribution in [0.4, 0.5) is 0 Å². The fourth-order valence-electron chi connectivity index (χ4n) is 7.21. The van der Waals surface area contributed by atoms with E-state index in [4.69, 9.17) is 9.47 Å². The molecule has 5 aliphatic rings. The van der Waals surface area contributed by atoms with Gasteiger partial charge in [0.2, 0.25) is 0 Å². The summed E-state index contributed by atoms with van der Waals surface area (Å²) in [6.07, 6.45) is 12.0. The Labute approximate surface area is 143 Å². The van der Waals surface area contributed by atoms with Crippen molar-refractivity contribution < 1.29 is 19.1 Å². The fourth-order valence-corrected chi connectivity index (χ4v) is 7.21. The maximum atomic E-state index is 12.8. The molecule has 7 unspecified atom stereocenters. The van der Waals surface area contributed by atoms with E-state index in [2.05, 4.69) is 12.2 Å². The van der Waals surface area contributed by atoms with Crippen molar-refractivity contribution in [2.45, 2.75) is 51.0 Å². The van der Waals surface area contributed by atoms with Crippen LogP contribution in [0.3, 0.4) is 0 Å². The number of esters is 2. The highest BCUT2D eigenvalue weighted by Gasteiger charge is 2.74. The first-order chi connectivity index (χ1) is 11.7. The zero-order chi connectivity index (χ0) is 16.5. The van der Waals surface area contributed by atoms with Crippen molar-refractivity contribution in [1.82, 2.24) is 0 Å². The Morgan fingerprint density at radius 3 is 2.62 bits per heavy atom. The SMILES string of the molecule is COC(=O)C12C3C=CC(C3)C1C1CC2CC1C(=O)OC1CCCC1. The Morgan fingerprint density at radius 1 is 1.08 bits per heavy atom. The van der Waals surface area contributed by atoms with Crippen molar-refractivity contribution in [3.63, 3.8) is 0 Å². The van der Waals surface area contributed by atoms with Crippen LogP contribution >= 0.6 is 0 Å². The molecule has 0 heterocycles. The lowest BCUT2D eigenvalue weighted by Crippen LogP contribution is -2.50. The number of rotatable bonds is 3. The summed E-state index contributed by atoms with van der Waals surface area (Å²) >= 11 is 0. The van der Waals surface area contributed by atoms with Crippen molar-refractivity contribution in [2.75, 3.05) is 7.11 Å². The average molecular weight is 330 g/mol. The number of carbonyl (C=O) groups is 2. The molecule has 0 aromatic carbocycles. The number of ether oxygens (including phenoxy) is 2. The van der Waals surface area contributed by atoms with E-state index in [0.717, 1.165) is 32.1 Å². The van der Waals surface area contributed by atoms with Gasteiger partial charge in [0.15, 0.2) is 0 Å². The van der Waals surface area contributed by atoms with Gasteiger partial charge in [0.05, 0.1) is 18.4 Å². The zero-order valence-corrected chi connectivity index (χ0v) is 14.3. The van der Waals surface area contributed by atoms with E-state index in [1.54, 1.807) is 0 Å². The quantitative estimate of drug-likeness (QED) is 0.453. The van der Waals surface area contributed by atoms with Crippen LogP contribution < -0.4 is 0 Å². The van der Waals surface area contributed by atoms with Crippen LogP contribution in [0.15, 0.2) is 12.2 Å². The summed E-state index contributed by atoms with van der Waals surface area (Å²) in [5.41, 5.74) is -0.344. The first-order valence-corrected chi connectivity index (χ1v) is 9.63. The van der Waals surface area contributed by atoms with Crippen LogP contribution in [0.5, 0.6) is 0 Å². The maximum Gasteiger partial charge on any atom is 0.312 e. The summed E-state index contributed by atoms with van der Waals surface area (Å²) in [6.45, 7) is 0. The number of carbonyl (C=O) groups excluding carboxylic acids is 2. The lowest BCUT2D eigenvalue weighted by Gasteiger charge is -2.44. The average Bonchev–Trinajstić information content (AvgIpc) is 3.37. The molecule has 4 fully saturated rings. The molecule has 130 valence electrons. The Morgan fingerprint density at radius 2 is 1.88 bits per heavy atom. The third-order valence-corrected chi connectivity index (χ3v) is 7.92. The molecule has 0 radical (unpaired) electrons. The van der Waals surface area contributed by atoms with Gasteiger partial charge in [0.25, 0.3) is 0 Å². The molecular weight excluding hydrogens is 304 g/mol. The Kier molecular flexibility index (Phi) is 3.18. The minimum Gasteiger partial charge on any atom is -0.469 e. The van der Waals surface area contributed by atoms with E-state index in [-0.39, 0.29) is 29.4 Å². The van der Waals surface area contributed by atoms with Gasteiger partial charge in [-0.1, -0.05) is 12.2 Å². The van der Waals surface area contributed by atoms with Crippen molar-refractivity contribution in [3.8, 4) is 0 Å². The number of hydrogen-bond acceptors (Lipinski definition) is 4. The molecule has 0 aromatic rings. The molecule has 4 saturated carbocycles. The van der Waals surface area contributed by atoms with Gasteiger partial charge in [-0.25, -0.2) is 0 Å². The number of allylic oxidation sites excluding steroid dienone is 2. The van der Waals surface area contributed by atoms with Crippen LogP contribution in [-0.2, 0) is 19.1 Å². The third-order valence-electron chi connectivity index (χ3n) is 7.92. The largest absolute Gasteiger partial charge is 0.469 e. The second-order valence-electron chi connectivity index (χ2n) is 8.62. The van der Waals surface area contributed by atoms with Crippen LogP contribution in [0, 0.1) is 40.9 Å². The topological polar surface area (TPSA) is 52.6 Å². The van der Waals surface area contributed by atoms with Crippen LogP contribution in [0.1, 0.15) is 44.9 Å². The van der Waals surface area contributed by atoms with Crippen LogP contribution in [0.2, 0.25) is 0 Å². The smallest absolute Gasteiger partial charge is 0.312 e. The van der Waals surface area contributed by atoms with Gasteiger partial charge in [-0.15, -0.1) is 0 Å². The fraction of sp³-hybridized carbons (Fsp3) is 0.800. The molecule has 0 aromatic heterocycles. The molecule has 24 heavy (non-hydrogen) atoms. The maximum absolute atomic E-state index is 12.8. The van der Waals surface area contributed by atoms with E-state index < -0.39 is 0 Å². The molecular formula is C20H26O4. The van der Waals surface area contributed by atoms with Crippen molar-refractivity contribution in [1.29, 1.82) is 0 Å². The number of hydrogen-bond donors (Lipinski definition) is 0. The normalized spacial score (nSPS) is 48.0. The Balaban J connectivity index is 1.41. The predicted octanol–water partition coefficient (Wildman–Crippen LogP) is 3.11. The molecule has 0 saturated heterocycles. The van der Waals surface area contributed by atoms with E-state index in [0.29, 0.717) is 29.6 Å². The zero-order valence-electron chi connectivity index (χ0n) is 14.3. The predicted molar refractivity (Wildman–Crippen MR) is 86.7 cm³/mol. The van der Waals surface area contributed by atoms with Gasteiger partial charge in [0.1, 0.15) is 6.10 Å². The van der Waals surface area contributed by atoms with Crippen LogP contribution in [-0.4, -0.2) is 25.2 Å². The summed E-state index contributed by atoms with van der Waals surface area (Å²) in [5.74, 6) is 1.65. The molecule has 0 N–H and O–H groups in total. The van der Waals surface area contributed by atoms with E-state index in [9.17, 15) is 9.59 Å². The van der Waals surface area contributed by atoms with Gasteiger partial charge in [-0.05, 0) is 74.5 Å². The molecule has 5 rings (SSSR count). The molecule has 7 atom stereocenters.